The molecule has 0 radical (unpaired) electrons. The summed E-state index contributed by atoms with van der Waals surface area (Å²) >= 11 is 0. The number of carbonyl (C=O) groups excluding carboxylic acids is 3. The predicted octanol–water partition coefficient (Wildman–Crippen LogP) is 5.06. The Bertz CT molecular complexity index is 1170. The number of esters is 1. The first-order valence-electron chi connectivity index (χ1n) is 11.3. The van der Waals surface area contributed by atoms with Crippen molar-refractivity contribution in [2.45, 2.75) is 19.8 Å². The van der Waals surface area contributed by atoms with Gasteiger partial charge in [-0.1, -0.05) is 43.7 Å². The Balaban J connectivity index is 1.76. The summed E-state index contributed by atoms with van der Waals surface area (Å²) < 4.78 is 10.3. The van der Waals surface area contributed by atoms with Gasteiger partial charge in [-0.2, -0.15) is 0 Å². The summed E-state index contributed by atoms with van der Waals surface area (Å²) in [7, 11) is 1.30. The average Bonchev–Trinajstić information content (AvgIpc) is 2.89. The van der Waals surface area contributed by atoms with Crippen LogP contribution in [0.3, 0.4) is 0 Å². The van der Waals surface area contributed by atoms with E-state index in [4.69, 9.17) is 4.74 Å². The number of benzene rings is 3. The van der Waals surface area contributed by atoms with Gasteiger partial charge in [0.1, 0.15) is 11.4 Å². The van der Waals surface area contributed by atoms with Crippen molar-refractivity contribution in [3.05, 3.63) is 101 Å². The van der Waals surface area contributed by atoms with Crippen LogP contribution in [0.2, 0.25) is 0 Å². The lowest BCUT2D eigenvalue weighted by atomic mass is 10.1. The fourth-order valence-corrected chi connectivity index (χ4v) is 3.11. The van der Waals surface area contributed by atoms with Crippen molar-refractivity contribution in [3.8, 4) is 5.75 Å². The van der Waals surface area contributed by atoms with Gasteiger partial charge in [-0.3, -0.25) is 9.59 Å². The van der Waals surface area contributed by atoms with E-state index in [-0.39, 0.29) is 5.70 Å². The second-order valence-electron chi connectivity index (χ2n) is 7.67. The third-order valence-corrected chi connectivity index (χ3v) is 5.05. The first kappa shape index (κ1) is 25.2. The van der Waals surface area contributed by atoms with Crippen LogP contribution in [0.15, 0.2) is 84.6 Å². The van der Waals surface area contributed by atoms with Crippen molar-refractivity contribution in [2.24, 2.45) is 0 Å². The molecule has 2 amide bonds. The van der Waals surface area contributed by atoms with Gasteiger partial charge in [-0.05, 0) is 66.6 Å². The van der Waals surface area contributed by atoms with Crippen molar-refractivity contribution >= 4 is 29.5 Å². The number of anilines is 1. The lowest BCUT2D eigenvalue weighted by Crippen LogP contribution is -2.30. The minimum Gasteiger partial charge on any atom is -0.494 e. The van der Waals surface area contributed by atoms with E-state index in [1.165, 1.54) is 7.11 Å². The Hall–Kier alpha value is -4.39. The van der Waals surface area contributed by atoms with Gasteiger partial charge in [0.05, 0.1) is 19.3 Å². The highest BCUT2D eigenvalue weighted by Crippen LogP contribution is 2.15. The average molecular weight is 473 g/mol. The van der Waals surface area contributed by atoms with Crippen LogP contribution in [0, 0.1) is 0 Å². The maximum atomic E-state index is 13.1. The number of carbonyl (C=O) groups is 3. The van der Waals surface area contributed by atoms with E-state index in [1.54, 1.807) is 54.6 Å². The highest BCUT2D eigenvalue weighted by atomic mass is 16.5. The van der Waals surface area contributed by atoms with E-state index in [2.05, 4.69) is 22.3 Å². The standard InChI is InChI=1S/C28H28N2O5/c1-3-4-18-35-24-16-12-21(13-17-24)26(31)30-25(19-20-8-6-5-7-9-20)27(32)29-23-14-10-22(11-15-23)28(33)34-2/h5-17,19H,3-4,18H2,1-2H3,(H,29,32)(H,30,31). The molecule has 0 saturated carbocycles. The van der Waals surface area contributed by atoms with E-state index in [1.807, 2.05) is 30.3 Å². The molecule has 35 heavy (non-hydrogen) atoms. The van der Waals surface area contributed by atoms with Gasteiger partial charge in [0.25, 0.3) is 11.8 Å². The summed E-state index contributed by atoms with van der Waals surface area (Å²) in [6.45, 7) is 2.71. The normalized spacial score (nSPS) is 10.9. The Labute approximate surface area is 204 Å². The zero-order valence-corrected chi connectivity index (χ0v) is 19.7. The lowest BCUT2D eigenvalue weighted by Gasteiger charge is -2.12. The molecule has 0 unspecified atom stereocenters. The topological polar surface area (TPSA) is 93.7 Å². The van der Waals surface area contributed by atoms with Crippen LogP contribution < -0.4 is 15.4 Å². The molecule has 3 aromatic rings. The first-order valence-corrected chi connectivity index (χ1v) is 11.3. The highest BCUT2D eigenvalue weighted by Gasteiger charge is 2.16. The maximum absolute atomic E-state index is 13.1. The van der Waals surface area contributed by atoms with E-state index in [9.17, 15) is 14.4 Å². The van der Waals surface area contributed by atoms with Crippen LogP contribution in [-0.4, -0.2) is 31.5 Å². The summed E-state index contributed by atoms with van der Waals surface area (Å²) in [5.74, 6) is -0.721. The number of nitrogens with one attached hydrogen (secondary N) is 2. The van der Waals surface area contributed by atoms with Gasteiger partial charge in [0, 0.05) is 11.3 Å². The molecule has 3 aromatic carbocycles. The van der Waals surface area contributed by atoms with Gasteiger partial charge in [-0.15, -0.1) is 0 Å². The van der Waals surface area contributed by atoms with E-state index < -0.39 is 17.8 Å². The van der Waals surface area contributed by atoms with Gasteiger partial charge in [-0.25, -0.2) is 4.79 Å². The molecular weight excluding hydrogens is 444 g/mol. The van der Waals surface area contributed by atoms with E-state index >= 15 is 0 Å². The van der Waals surface area contributed by atoms with Gasteiger partial charge < -0.3 is 20.1 Å². The summed E-state index contributed by atoms with van der Waals surface area (Å²) in [4.78, 5) is 37.6. The van der Waals surface area contributed by atoms with Crippen LogP contribution in [0.5, 0.6) is 5.75 Å². The van der Waals surface area contributed by atoms with E-state index in [0.29, 0.717) is 29.2 Å². The van der Waals surface area contributed by atoms with Crippen molar-refractivity contribution in [2.75, 3.05) is 19.0 Å². The molecule has 0 saturated heterocycles. The Morgan fingerprint density at radius 2 is 1.51 bits per heavy atom. The molecule has 180 valence electrons. The summed E-state index contributed by atoms with van der Waals surface area (Å²) in [6, 6.07) is 22.2. The smallest absolute Gasteiger partial charge is 0.337 e. The van der Waals surface area contributed by atoms with E-state index in [0.717, 1.165) is 18.4 Å². The van der Waals surface area contributed by atoms with Gasteiger partial charge in [0.15, 0.2) is 0 Å². The fraction of sp³-hybridized carbons (Fsp3) is 0.179. The van der Waals surface area contributed by atoms with Crippen LogP contribution in [0.4, 0.5) is 5.69 Å². The number of hydrogen-bond acceptors (Lipinski definition) is 5. The quantitative estimate of drug-likeness (QED) is 0.244. The molecule has 0 bridgehead atoms. The molecule has 0 aliphatic heterocycles. The maximum Gasteiger partial charge on any atom is 0.337 e. The van der Waals surface area contributed by atoms with Crippen molar-refractivity contribution < 1.29 is 23.9 Å². The Kier molecular flexibility index (Phi) is 9.19. The molecule has 7 heteroatoms. The minimum absolute atomic E-state index is 0.0708. The highest BCUT2D eigenvalue weighted by molar-refractivity contribution is 6.10. The first-order chi connectivity index (χ1) is 17.0. The molecule has 0 aliphatic carbocycles. The number of methoxy groups -OCH3 is 1. The summed E-state index contributed by atoms with van der Waals surface area (Å²) in [5, 5.41) is 5.45. The molecule has 0 heterocycles. The van der Waals surface area contributed by atoms with Crippen LogP contribution in [0.1, 0.15) is 46.0 Å². The second kappa shape index (κ2) is 12.7. The van der Waals surface area contributed by atoms with Crippen LogP contribution in [-0.2, 0) is 9.53 Å². The molecule has 0 spiro atoms. The summed E-state index contributed by atoms with van der Waals surface area (Å²) in [6.07, 6.45) is 3.59. The molecule has 7 nitrogen and oxygen atoms in total. The predicted molar refractivity (Wildman–Crippen MR) is 135 cm³/mol. The number of hydrogen-bond donors (Lipinski definition) is 2. The zero-order chi connectivity index (χ0) is 25.0. The lowest BCUT2D eigenvalue weighted by molar-refractivity contribution is -0.113. The third-order valence-electron chi connectivity index (χ3n) is 5.05. The van der Waals surface area contributed by atoms with Crippen molar-refractivity contribution in [3.63, 3.8) is 0 Å². The molecule has 0 fully saturated rings. The molecule has 2 N–H and O–H groups in total. The molecule has 3 rings (SSSR count). The number of ether oxygens (including phenoxy) is 2. The van der Waals surface area contributed by atoms with Gasteiger partial charge >= 0.3 is 5.97 Å². The minimum atomic E-state index is -0.507. The molecular formula is C28H28N2O5. The van der Waals surface area contributed by atoms with Crippen LogP contribution >= 0.6 is 0 Å². The Morgan fingerprint density at radius 1 is 0.857 bits per heavy atom. The Morgan fingerprint density at radius 3 is 2.14 bits per heavy atom. The van der Waals surface area contributed by atoms with Crippen molar-refractivity contribution in [1.29, 1.82) is 0 Å². The third kappa shape index (κ3) is 7.57. The number of unbranched alkanes of at least 4 members (excludes halogenated alkanes) is 1. The zero-order valence-electron chi connectivity index (χ0n) is 19.7. The molecule has 0 atom stereocenters. The SMILES string of the molecule is CCCCOc1ccc(C(=O)NC(=Cc2ccccc2)C(=O)Nc2ccc(C(=O)OC)cc2)cc1. The largest absolute Gasteiger partial charge is 0.494 e. The monoisotopic (exact) mass is 472 g/mol. The molecule has 0 aromatic heterocycles. The fourth-order valence-electron chi connectivity index (χ4n) is 3.11. The number of amides is 2. The van der Waals surface area contributed by atoms with Crippen LogP contribution in [0.25, 0.3) is 6.08 Å². The molecule has 0 aliphatic rings. The van der Waals surface area contributed by atoms with Crippen molar-refractivity contribution in [1.82, 2.24) is 5.32 Å². The van der Waals surface area contributed by atoms with Gasteiger partial charge in [0.2, 0.25) is 0 Å². The second-order valence-corrected chi connectivity index (χ2v) is 7.67. The number of rotatable bonds is 10. The summed E-state index contributed by atoms with van der Waals surface area (Å²) in [5.41, 5.74) is 2.03.